The summed E-state index contributed by atoms with van der Waals surface area (Å²) in [7, 11) is 0. The SMILES string of the molecule is Oc1ccc(NCCCCCc2ccccc2)nc1. The number of hydrogen-bond donors (Lipinski definition) is 2. The summed E-state index contributed by atoms with van der Waals surface area (Å²) in [6, 6.07) is 14.0. The van der Waals surface area contributed by atoms with Crippen LogP contribution in [0.5, 0.6) is 5.75 Å². The predicted molar refractivity (Wildman–Crippen MR) is 78.4 cm³/mol. The van der Waals surface area contributed by atoms with Gasteiger partial charge in [0.15, 0.2) is 0 Å². The highest BCUT2D eigenvalue weighted by atomic mass is 16.3. The van der Waals surface area contributed by atoms with Gasteiger partial charge in [-0.25, -0.2) is 4.98 Å². The van der Waals surface area contributed by atoms with Gasteiger partial charge in [-0.2, -0.15) is 0 Å². The molecule has 1 aromatic heterocycles. The molecule has 0 fully saturated rings. The van der Waals surface area contributed by atoms with Crippen molar-refractivity contribution in [1.82, 2.24) is 4.98 Å². The predicted octanol–water partition coefficient (Wildman–Crippen LogP) is 3.61. The van der Waals surface area contributed by atoms with Crippen LogP contribution in [0.1, 0.15) is 24.8 Å². The third-order valence-corrected chi connectivity index (χ3v) is 3.04. The molecule has 0 atom stereocenters. The van der Waals surface area contributed by atoms with Crippen LogP contribution in [0.3, 0.4) is 0 Å². The van der Waals surface area contributed by atoms with E-state index in [2.05, 4.69) is 40.6 Å². The molecular formula is C16H20N2O. The Balaban J connectivity index is 1.56. The normalized spacial score (nSPS) is 10.3. The summed E-state index contributed by atoms with van der Waals surface area (Å²) in [6.07, 6.45) is 6.17. The van der Waals surface area contributed by atoms with E-state index in [1.54, 1.807) is 12.1 Å². The number of unbranched alkanes of at least 4 members (excludes halogenated alkanes) is 2. The molecule has 2 N–H and O–H groups in total. The Kier molecular flexibility index (Phi) is 5.23. The first kappa shape index (κ1) is 13.4. The van der Waals surface area contributed by atoms with Crippen LogP contribution in [-0.2, 0) is 6.42 Å². The van der Waals surface area contributed by atoms with Crippen LogP contribution < -0.4 is 5.32 Å². The van der Waals surface area contributed by atoms with E-state index in [0.717, 1.165) is 25.2 Å². The van der Waals surface area contributed by atoms with Crippen molar-refractivity contribution in [3.05, 3.63) is 54.2 Å². The van der Waals surface area contributed by atoms with E-state index in [1.807, 2.05) is 0 Å². The Morgan fingerprint density at radius 2 is 1.79 bits per heavy atom. The molecule has 0 unspecified atom stereocenters. The average Bonchev–Trinajstić information content (AvgIpc) is 2.46. The summed E-state index contributed by atoms with van der Waals surface area (Å²) in [5.74, 6) is 1.02. The second kappa shape index (κ2) is 7.41. The minimum Gasteiger partial charge on any atom is -0.506 e. The number of benzene rings is 1. The van der Waals surface area contributed by atoms with E-state index < -0.39 is 0 Å². The second-order valence-electron chi connectivity index (χ2n) is 4.62. The largest absolute Gasteiger partial charge is 0.506 e. The van der Waals surface area contributed by atoms with Gasteiger partial charge in [-0.3, -0.25) is 0 Å². The molecule has 2 aromatic rings. The molecule has 0 aliphatic heterocycles. The van der Waals surface area contributed by atoms with Crippen LogP contribution in [0, 0.1) is 0 Å². The maximum absolute atomic E-state index is 9.12. The summed E-state index contributed by atoms with van der Waals surface area (Å²) in [4.78, 5) is 4.08. The lowest BCUT2D eigenvalue weighted by molar-refractivity contribution is 0.473. The van der Waals surface area contributed by atoms with E-state index in [-0.39, 0.29) is 5.75 Å². The third kappa shape index (κ3) is 5.00. The highest BCUT2D eigenvalue weighted by Gasteiger charge is 1.95. The molecule has 0 radical (unpaired) electrons. The lowest BCUT2D eigenvalue weighted by Crippen LogP contribution is -2.02. The zero-order chi connectivity index (χ0) is 13.3. The Hall–Kier alpha value is -2.03. The fourth-order valence-corrected chi connectivity index (χ4v) is 1.98. The summed E-state index contributed by atoms with van der Waals surface area (Å²) in [6.45, 7) is 0.923. The maximum atomic E-state index is 9.12. The van der Waals surface area contributed by atoms with Crippen molar-refractivity contribution in [2.75, 3.05) is 11.9 Å². The fraction of sp³-hybridized carbons (Fsp3) is 0.312. The number of hydrogen-bond acceptors (Lipinski definition) is 3. The molecule has 1 aromatic carbocycles. The van der Waals surface area contributed by atoms with E-state index in [9.17, 15) is 0 Å². The summed E-state index contributed by atoms with van der Waals surface area (Å²) < 4.78 is 0. The van der Waals surface area contributed by atoms with Crippen molar-refractivity contribution in [3.63, 3.8) is 0 Å². The Morgan fingerprint density at radius 3 is 2.53 bits per heavy atom. The maximum Gasteiger partial charge on any atom is 0.134 e. The molecule has 0 aliphatic rings. The topological polar surface area (TPSA) is 45.1 Å². The molecule has 0 saturated carbocycles. The third-order valence-electron chi connectivity index (χ3n) is 3.04. The average molecular weight is 256 g/mol. The van der Waals surface area contributed by atoms with E-state index in [1.165, 1.54) is 24.6 Å². The number of aromatic hydroxyl groups is 1. The zero-order valence-electron chi connectivity index (χ0n) is 11.0. The van der Waals surface area contributed by atoms with Crippen molar-refractivity contribution in [2.24, 2.45) is 0 Å². The first-order valence-electron chi connectivity index (χ1n) is 6.77. The minimum absolute atomic E-state index is 0.202. The van der Waals surface area contributed by atoms with E-state index in [0.29, 0.717) is 0 Å². The monoisotopic (exact) mass is 256 g/mol. The minimum atomic E-state index is 0.202. The molecule has 3 heteroatoms. The van der Waals surface area contributed by atoms with Crippen molar-refractivity contribution in [1.29, 1.82) is 0 Å². The molecule has 3 nitrogen and oxygen atoms in total. The van der Waals surface area contributed by atoms with Gasteiger partial charge in [-0.15, -0.1) is 0 Å². The zero-order valence-corrected chi connectivity index (χ0v) is 11.0. The van der Waals surface area contributed by atoms with Crippen LogP contribution in [0.4, 0.5) is 5.82 Å². The smallest absolute Gasteiger partial charge is 0.134 e. The number of pyridine rings is 1. The van der Waals surface area contributed by atoms with Crippen LogP contribution in [0.25, 0.3) is 0 Å². The Morgan fingerprint density at radius 1 is 0.947 bits per heavy atom. The standard InChI is InChI=1S/C16H20N2O/c19-15-10-11-16(18-13-15)17-12-6-2-5-9-14-7-3-1-4-8-14/h1,3-4,7-8,10-11,13,19H,2,5-6,9,12H2,(H,17,18). The van der Waals surface area contributed by atoms with E-state index >= 15 is 0 Å². The van der Waals surface area contributed by atoms with E-state index in [4.69, 9.17) is 5.11 Å². The summed E-state index contributed by atoms with van der Waals surface area (Å²) in [5.41, 5.74) is 1.41. The molecule has 0 bridgehead atoms. The van der Waals surface area contributed by atoms with Crippen molar-refractivity contribution in [2.45, 2.75) is 25.7 Å². The molecule has 0 amide bonds. The number of anilines is 1. The summed E-state index contributed by atoms with van der Waals surface area (Å²) in [5, 5.41) is 12.4. The fourth-order valence-electron chi connectivity index (χ4n) is 1.98. The molecule has 0 spiro atoms. The molecular weight excluding hydrogens is 236 g/mol. The van der Waals surface area contributed by atoms with Gasteiger partial charge in [0.05, 0.1) is 6.20 Å². The number of nitrogens with one attached hydrogen (secondary N) is 1. The Bertz CT molecular complexity index is 468. The number of aromatic nitrogens is 1. The highest BCUT2D eigenvalue weighted by Crippen LogP contribution is 2.10. The van der Waals surface area contributed by atoms with Gasteiger partial charge < -0.3 is 10.4 Å². The van der Waals surface area contributed by atoms with Gasteiger partial charge in [0.25, 0.3) is 0 Å². The highest BCUT2D eigenvalue weighted by molar-refractivity contribution is 5.36. The molecule has 1 heterocycles. The molecule has 100 valence electrons. The lowest BCUT2D eigenvalue weighted by Gasteiger charge is -2.05. The van der Waals surface area contributed by atoms with Gasteiger partial charge in [0.1, 0.15) is 11.6 Å². The first-order chi connectivity index (χ1) is 9.34. The molecule has 0 saturated heterocycles. The number of aryl methyl sites for hydroxylation is 1. The number of nitrogens with zero attached hydrogens (tertiary/aromatic N) is 1. The van der Waals surface area contributed by atoms with Crippen molar-refractivity contribution >= 4 is 5.82 Å². The Labute approximate surface area is 114 Å². The van der Waals surface area contributed by atoms with Crippen molar-refractivity contribution < 1.29 is 5.11 Å². The number of rotatable bonds is 7. The van der Waals surface area contributed by atoms with Crippen LogP contribution in [0.2, 0.25) is 0 Å². The van der Waals surface area contributed by atoms with Crippen LogP contribution in [0.15, 0.2) is 48.7 Å². The van der Waals surface area contributed by atoms with Crippen molar-refractivity contribution in [3.8, 4) is 5.75 Å². The van der Waals surface area contributed by atoms with Gasteiger partial charge in [0.2, 0.25) is 0 Å². The van der Waals surface area contributed by atoms with Crippen LogP contribution in [-0.4, -0.2) is 16.6 Å². The van der Waals surface area contributed by atoms with Gasteiger partial charge in [0, 0.05) is 6.54 Å². The molecule has 0 aliphatic carbocycles. The van der Waals surface area contributed by atoms with Crippen LogP contribution >= 0.6 is 0 Å². The summed E-state index contributed by atoms with van der Waals surface area (Å²) >= 11 is 0. The second-order valence-corrected chi connectivity index (χ2v) is 4.62. The van der Waals surface area contributed by atoms with Gasteiger partial charge in [-0.05, 0) is 37.0 Å². The van der Waals surface area contributed by atoms with Gasteiger partial charge in [-0.1, -0.05) is 36.8 Å². The molecule has 19 heavy (non-hydrogen) atoms. The van der Waals surface area contributed by atoms with Gasteiger partial charge >= 0.3 is 0 Å². The molecule has 2 rings (SSSR count). The first-order valence-corrected chi connectivity index (χ1v) is 6.77. The lowest BCUT2D eigenvalue weighted by atomic mass is 10.1. The quantitative estimate of drug-likeness (QED) is 0.744.